The predicted octanol–water partition coefficient (Wildman–Crippen LogP) is 3.56. The van der Waals surface area contributed by atoms with Gasteiger partial charge in [0, 0.05) is 12.1 Å². The maximum Gasteiger partial charge on any atom is 0.167 e. The van der Waals surface area contributed by atoms with E-state index in [1.165, 1.54) is 18.2 Å². The highest BCUT2D eigenvalue weighted by atomic mass is 19.1. The molecule has 4 nitrogen and oxygen atoms in total. The van der Waals surface area contributed by atoms with Gasteiger partial charge in [-0.15, -0.1) is 0 Å². The Morgan fingerprint density at radius 2 is 2.00 bits per heavy atom. The molecule has 0 saturated carbocycles. The van der Waals surface area contributed by atoms with E-state index in [-0.39, 0.29) is 17.0 Å². The number of nitrogens with one attached hydrogen (secondary N) is 1. The lowest BCUT2D eigenvalue weighted by Crippen LogP contribution is -2.02. The second kappa shape index (κ2) is 6.09. The highest BCUT2D eigenvalue weighted by Gasteiger charge is 2.11. The van der Waals surface area contributed by atoms with E-state index in [4.69, 9.17) is 15.7 Å². The molecular formula is C15H13F2N3O. The van der Waals surface area contributed by atoms with Crippen molar-refractivity contribution >= 4 is 17.1 Å². The van der Waals surface area contributed by atoms with E-state index >= 15 is 0 Å². The maximum atomic E-state index is 13.6. The van der Waals surface area contributed by atoms with Crippen LogP contribution in [0.3, 0.4) is 0 Å². The Balaban J connectivity index is 2.40. The molecule has 0 atom stereocenters. The van der Waals surface area contributed by atoms with Crippen LogP contribution in [0.2, 0.25) is 0 Å². The lowest BCUT2D eigenvalue weighted by Gasteiger charge is -2.13. The van der Waals surface area contributed by atoms with Crippen LogP contribution in [0.1, 0.15) is 12.5 Å². The quantitative estimate of drug-likeness (QED) is 0.844. The fourth-order valence-electron chi connectivity index (χ4n) is 1.81. The van der Waals surface area contributed by atoms with Gasteiger partial charge in [0.25, 0.3) is 0 Å². The number of nitrogen functional groups attached to an aromatic ring is 1. The second-order valence-electron chi connectivity index (χ2n) is 4.23. The van der Waals surface area contributed by atoms with E-state index in [0.717, 1.165) is 12.1 Å². The molecule has 21 heavy (non-hydrogen) atoms. The number of nitrogens with zero attached hydrogens (tertiary/aromatic N) is 1. The summed E-state index contributed by atoms with van der Waals surface area (Å²) < 4.78 is 31.9. The molecule has 0 radical (unpaired) electrons. The maximum absolute atomic E-state index is 13.6. The summed E-state index contributed by atoms with van der Waals surface area (Å²) in [6.45, 7) is 2.04. The lowest BCUT2D eigenvalue weighted by atomic mass is 10.1. The van der Waals surface area contributed by atoms with Gasteiger partial charge in [0.2, 0.25) is 0 Å². The third kappa shape index (κ3) is 3.20. The Morgan fingerprint density at radius 3 is 2.67 bits per heavy atom. The first-order chi connectivity index (χ1) is 10.0. The van der Waals surface area contributed by atoms with Crippen molar-refractivity contribution in [1.29, 1.82) is 5.26 Å². The summed E-state index contributed by atoms with van der Waals surface area (Å²) >= 11 is 0. The zero-order valence-electron chi connectivity index (χ0n) is 11.3. The average Bonchev–Trinajstić information content (AvgIpc) is 2.45. The third-order valence-corrected chi connectivity index (χ3v) is 2.78. The van der Waals surface area contributed by atoms with Crippen molar-refractivity contribution in [3.8, 4) is 11.8 Å². The molecule has 2 aromatic rings. The summed E-state index contributed by atoms with van der Waals surface area (Å²) in [6.07, 6.45) is 0. The minimum absolute atomic E-state index is 0.0508. The predicted molar refractivity (Wildman–Crippen MR) is 76.4 cm³/mol. The third-order valence-electron chi connectivity index (χ3n) is 2.78. The number of ether oxygens (including phenoxy) is 1. The van der Waals surface area contributed by atoms with E-state index < -0.39 is 11.6 Å². The Labute approximate surface area is 120 Å². The highest BCUT2D eigenvalue weighted by Crippen LogP contribution is 2.31. The Hall–Kier alpha value is -2.81. The van der Waals surface area contributed by atoms with Gasteiger partial charge in [-0.2, -0.15) is 5.26 Å². The largest absolute Gasteiger partial charge is 0.491 e. The molecule has 0 amide bonds. The Bertz CT molecular complexity index is 711. The summed E-state index contributed by atoms with van der Waals surface area (Å²) in [5.41, 5.74) is 6.77. The smallest absolute Gasteiger partial charge is 0.167 e. The van der Waals surface area contributed by atoms with Crippen molar-refractivity contribution < 1.29 is 13.5 Å². The number of nitrogens with two attached hydrogens (primary N) is 1. The molecule has 0 aliphatic carbocycles. The first kappa shape index (κ1) is 14.6. The molecule has 2 rings (SSSR count). The van der Waals surface area contributed by atoms with Crippen molar-refractivity contribution in [2.45, 2.75) is 6.92 Å². The number of hydrogen-bond donors (Lipinski definition) is 2. The summed E-state index contributed by atoms with van der Waals surface area (Å²) in [5, 5.41) is 11.9. The van der Waals surface area contributed by atoms with Gasteiger partial charge in [-0.1, -0.05) is 0 Å². The fourth-order valence-corrected chi connectivity index (χ4v) is 1.81. The summed E-state index contributed by atoms with van der Waals surface area (Å²) in [7, 11) is 0. The van der Waals surface area contributed by atoms with Crippen LogP contribution in [0.25, 0.3) is 0 Å². The Morgan fingerprint density at radius 1 is 1.24 bits per heavy atom. The lowest BCUT2D eigenvalue weighted by molar-refractivity contribution is 0.322. The number of anilines is 3. The van der Waals surface area contributed by atoms with Crippen molar-refractivity contribution in [3.63, 3.8) is 0 Å². The first-order valence-corrected chi connectivity index (χ1v) is 6.23. The topological polar surface area (TPSA) is 71.1 Å². The van der Waals surface area contributed by atoms with Gasteiger partial charge >= 0.3 is 0 Å². The number of benzene rings is 2. The monoisotopic (exact) mass is 289 g/mol. The van der Waals surface area contributed by atoms with E-state index in [0.29, 0.717) is 18.0 Å². The molecular weight excluding hydrogens is 276 g/mol. The van der Waals surface area contributed by atoms with Crippen LogP contribution in [-0.4, -0.2) is 6.61 Å². The summed E-state index contributed by atoms with van der Waals surface area (Å²) in [5.74, 6) is -1.03. The standard InChI is InChI=1S/C15H13F2N3O/c1-2-21-15-7-14(12(19)6-11(15)17)20-13-4-3-10(16)5-9(13)8-18/h3-7,20H,2,19H2,1H3. The molecule has 2 aromatic carbocycles. The zero-order valence-corrected chi connectivity index (χ0v) is 11.3. The van der Waals surface area contributed by atoms with Gasteiger partial charge < -0.3 is 15.8 Å². The highest BCUT2D eigenvalue weighted by molar-refractivity contribution is 5.76. The van der Waals surface area contributed by atoms with Crippen molar-refractivity contribution in [2.75, 3.05) is 17.7 Å². The normalized spacial score (nSPS) is 10.0. The second-order valence-corrected chi connectivity index (χ2v) is 4.23. The number of halogens is 2. The Kier molecular flexibility index (Phi) is 4.24. The SMILES string of the molecule is CCOc1cc(Nc2ccc(F)cc2C#N)c(N)cc1F. The van der Waals surface area contributed by atoms with Gasteiger partial charge in [0.1, 0.15) is 11.9 Å². The van der Waals surface area contributed by atoms with Crippen LogP contribution in [0.15, 0.2) is 30.3 Å². The molecule has 3 N–H and O–H groups in total. The fraction of sp³-hybridized carbons (Fsp3) is 0.133. The molecule has 0 aliphatic heterocycles. The van der Waals surface area contributed by atoms with Crippen LogP contribution in [0.5, 0.6) is 5.75 Å². The molecule has 0 aliphatic rings. The van der Waals surface area contributed by atoms with Crippen molar-refractivity contribution in [2.24, 2.45) is 0 Å². The molecule has 0 spiro atoms. The zero-order chi connectivity index (χ0) is 15.4. The van der Waals surface area contributed by atoms with E-state index in [1.807, 2.05) is 6.07 Å². The molecule has 108 valence electrons. The van der Waals surface area contributed by atoms with Crippen LogP contribution in [0, 0.1) is 23.0 Å². The van der Waals surface area contributed by atoms with Crippen LogP contribution in [-0.2, 0) is 0 Å². The van der Waals surface area contributed by atoms with Gasteiger partial charge in [0.05, 0.1) is 29.2 Å². The first-order valence-electron chi connectivity index (χ1n) is 6.23. The summed E-state index contributed by atoms with van der Waals surface area (Å²) in [6, 6.07) is 8.14. The molecule has 0 heterocycles. The summed E-state index contributed by atoms with van der Waals surface area (Å²) in [4.78, 5) is 0. The molecule has 0 fully saturated rings. The van der Waals surface area contributed by atoms with Crippen molar-refractivity contribution in [1.82, 2.24) is 0 Å². The average molecular weight is 289 g/mol. The van der Waals surface area contributed by atoms with Crippen LogP contribution < -0.4 is 15.8 Å². The van der Waals surface area contributed by atoms with Gasteiger partial charge in [-0.25, -0.2) is 8.78 Å². The van der Waals surface area contributed by atoms with E-state index in [9.17, 15) is 8.78 Å². The van der Waals surface area contributed by atoms with Crippen LogP contribution >= 0.6 is 0 Å². The molecule has 0 aromatic heterocycles. The van der Waals surface area contributed by atoms with Crippen LogP contribution in [0.4, 0.5) is 25.8 Å². The van der Waals surface area contributed by atoms with Gasteiger partial charge in [-0.3, -0.25) is 0 Å². The van der Waals surface area contributed by atoms with Crippen molar-refractivity contribution in [3.05, 3.63) is 47.5 Å². The van der Waals surface area contributed by atoms with Gasteiger partial charge in [0.15, 0.2) is 11.6 Å². The number of nitriles is 1. The number of hydrogen-bond acceptors (Lipinski definition) is 4. The molecule has 0 saturated heterocycles. The van der Waals surface area contributed by atoms with E-state index in [1.54, 1.807) is 6.92 Å². The van der Waals surface area contributed by atoms with Gasteiger partial charge in [-0.05, 0) is 25.1 Å². The minimum atomic E-state index is -0.570. The minimum Gasteiger partial charge on any atom is -0.491 e. The number of rotatable bonds is 4. The molecule has 0 unspecified atom stereocenters. The molecule has 6 heteroatoms. The van der Waals surface area contributed by atoms with E-state index in [2.05, 4.69) is 5.32 Å². The molecule has 0 bridgehead atoms.